The van der Waals surface area contributed by atoms with Gasteiger partial charge < -0.3 is 9.84 Å². The molecule has 9 heteroatoms. The van der Waals surface area contributed by atoms with Crippen LogP contribution in [0.3, 0.4) is 0 Å². The number of aryl methyl sites for hydroxylation is 1. The van der Waals surface area contributed by atoms with Crippen LogP contribution >= 0.6 is 11.6 Å². The number of aliphatic hydroxyl groups excluding tert-OH is 1. The Bertz CT molecular complexity index is 1160. The zero-order valence-corrected chi connectivity index (χ0v) is 18.0. The number of fused-ring (bicyclic) bond motifs is 1. The van der Waals surface area contributed by atoms with E-state index in [2.05, 4.69) is 10.1 Å². The van der Waals surface area contributed by atoms with Crippen molar-refractivity contribution in [2.45, 2.75) is 37.2 Å². The first kappa shape index (κ1) is 20.8. The van der Waals surface area contributed by atoms with Crippen LogP contribution in [0.1, 0.15) is 36.7 Å². The van der Waals surface area contributed by atoms with Crippen molar-refractivity contribution in [3.8, 4) is 11.4 Å². The van der Waals surface area contributed by atoms with E-state index in [1.807, 2.05) is 25.1 Å². The summed E-state index contributed by atoms with van der Waals surface area (Å²) in [6.45, 7) is 2.48. The minimum atomic E-state index is -3.52. The van der Waals surface area contributed by atoms with Crippen LogP contribution in [0.25, 0.3) is 5.69 Å². The van der Waals surface area contributed by atoms with Gasteiger partial charge in [-0.15, -0.1) is 5.10 Å². The second kappa shape index (κ2) is 8.37. The van der Waals surface area contributed by atoms with Gasteiger partial charge in [-0.2, -0.15) is 0 Å². The van der Waals surface area contributed by atoms with Gasteiger partial charge in [-0.05, 0) is 54.4 Å². The maximum absolute atomic E-state index is 12.7. The van der Waals surface area contributed by atoms with Crippen molar-refractivity contribution in [1.82, 2.24) is 14.8 Å². The number of hydrogen-bond donors (Lipinski definition) is 1. The molecule has 0 saturated heterocycles. The standard InChI is InChI=1S/C21H22ClN3O4S/c1-2-18(26)21-23-20(10-12-30(27,28)17-6-3-15(22)4-7-17)25(24-21)16-5-8-19-14(13-16)9-11-29-19/h3-8,13,18,26H,2,9-12H2,1H3. The molecule has 0 amide bonds. The molecular weight excluding hydrogens is 426 g/mol. The number of sulfone groups is 1. The van der Waals surface area contributed by atoms with Gasteiger partial charge in [-0.3, -0.25) is 0 Å². The molecule has 0 radical (unpaired) electrons. The SMILES string of the molecule is CCC(O)c1nc(CCS(=O)(=O)c2ccc(Cl)cc2)n(-c2ccc3c(c2)CCO3)n1. The molecule has 1 atom stereocenters. The van der Waals surface area contributed by atoms with Crippen LogP contribution in [-0.4, -0.2) is 40.6 Å². The van der Waals surface area contributed by atoms with Gasteiger partial charge in [-0.25, -0.2) is 18.1 Å². The lowest BCUT2D eigenvalue weighted by Crippen LogP contribution is -2.13. The molecule has 1 unspecified atom stereocenters. The second-order valence-electron chi connectivity index (χ2n) is 7.14. The van der Waals surface area contributed by atoms with Crippen molar-refractivity contribution >= 4 is 21.4 Å². The molecule has 0 spiro atoms. The number of halogens is 1. The highest BCUT2D eigenvalue weighted by molar-refractivity contribution is 7.91. The van der Waals surface area contributed by atoms with Crippen molar-refractivity contribution < 1.29 is 18.3 Å². The summed E-state index contributed by atoms with van der Waals surface area (Å²) >= 11 is 5.86. The Morgan fingerprint density at radius 1 is 1.23 bits per heavy atom. The Labute approximate surface area is 180 Å². The number of aliphatic hydroxyl groups is 1. The summed E-state index contributed by atoms with van der Waals surface area (Å²) in [6.07, 6.45) is 0.616. The minimum absolute atomic E-state index is 0.136. The molecule has 1 aliphatic rings. The molecule has 2 aromatic carbocycles. The number of nitrogens with zero attached hydrogens (tertiary/aromatic N) is 3. The molecule has 0 saturated carbocycles. The quantitative estimate of drug-likeness (QED) is 0.597. The largest absolute Gasteiger partial charge is 0.493 e. The summed E-state index contributed by atoms with van der Waals surface area (Å²) in [5.74, 6) is 1.48. The van der Waals surface area contributed by atoms with Crippen molar-refractivity contribution in [2.24, 2.45) is 0 Å². The summed E-state index contributed by atoms with van der Waals surface area (Å²) in [5, 5.41) is 15.2. The van der Waals surface area contributed by atoms with E-state index in [0.29, 0.717) is 23.9 Å². The maximum Gasteiger partial charge on any atom is 0.179 e. The smallest absolute Gasteiger partial charge is 0.179 e. The molecule has 0 bridgehead atoms. The number of aromatic nitrogens is 3. The lowest BCUT2D eigenvalue weighted by molar-refractivity contribution is 0.163. The lowest BCUT2D eigenvalue weighted by atomic mass is 10.1. The first-order valence-electron chi connectivity index (χ1n) is 9.75. The fourth-order valence-corrected chi connectivity index (χ4v) is 4.71. The average Bonchev–Trinajstić information content (AvgIpc) is 3.38. The highest BCUT2D eigenvalue weighted by Crippen LogP contribution is 2.28. The van der Waals surface area contributed by atoms with Gasteiger partial charge >= 0.3 is 0 Å². The maximum atomic E-state index is 12.7. The van der Waals surface area contributed by atoms with Gasteiger partial charge in [0.1, 0.15) is 17.7 Å². The molecule has 1 aromatic heterocycles. The summed E-state index contributed by atoms with van der Waals surface area (Å²) in [6, 6.07) is 11.8. The van der Waals surface area contributed by atoms with Crippen molar-refractivity contribution in [3.63, 3.8) is 0 Å². The highest BCUT2D eigenvalue weighted by atomic mass is 35.5. The van der Waals surface area contributed by atoms with Crippen molar-refractivity contribution in [2.75, 3.05) is 12.4 Å². The third kappa shape index (κ3) is 4.21. The molecule has 7 nitrogen and oxygen atoms in total. The number of ether oxygens (including phenoxy) is 1. The van der Waals surface area contributed by atoms with E-state index in [9.17, 15) is 13.5 Å². The Balaban J connectivity index is 1.65. The molecule has 1 N–H and O–H groups in total. The molecule has 30 heavy (non-hydrogen) atoms. The van der Waals surface area contributed by atoms with Crippen molar-refractivity contribution in [1.29, 1.82) is 0 Å². The van der Waals surface area contributed by atoms with Gasteiger partial charge in [-0.1, -0.05) is 18.5 Å². The lowest BCUT2D eigenvalue weighted by Gasteiger charge is -2.08. The zero-order valence-electron chi connectivity index (χ0n) is 16.5. The summed E-state index contributed by atoms with van der Waals surface area (Å²) in [5.41, 5.74) is 1.83. The Morgan fingerprint density at radius 3 is 2.73 bits per heavy atom. The second-order valence-corrected chi connectivity index (χ2v) is 9.68. The summed E-state index contributed by atoms with van der Waals surface area (Å²) in [7, 11) is -3.52. The third-order valence-corrected chi connectivity index (χ3v) is 7.04. The Kier molecular flexibility index (Phi) is 5.81. The molecule has 0 fully saturated rings. The van der Waals surface area contributed by atoms with E-state index in [0.717, 1.165) is 23.4 Å². The first-order chi connectivity index (χ1) is 14.4. The number of benzene rings is 2. The molecular formula is C21H22ClN3O4S. The van der Waals surface area contributed by atoms with Gasteiger partial charge in [0.05, 0.1) is 22.9 Å². The van der Waals surface area contributed by atoms with Gasteiger partial charge in [0.15, 0.2) is 15.7 Å². The van der Waals surface area contributed by atoms with E-state index < -0.39 is 15.9 Å². The molecule has 1 aliphatic heterocycles. The predicted octanol–water partition coefficient (Wildman–Crippen LogP) is 3.32. The van der Waals surface area contributed by atoms with E-state index >= 15 is 0 Å². The topological polar surface area (TPSA) is 94.3 Å². The van der Waals surface area contributed by atoms with Crippen molar-refractivity contribution in [3.05, 3.63) is 64.7 Å². The van der Waals surface area contributed by atoms with E-state index in [-0.39, 0.29) is 22.9 Å². The Hall–Kier alpha value is -2.42. The monoisotopic (exact) mass is 447 g/mol. The molecule has 4 rings (SSSR count). The number of rotatable bonds is 7. The third-order valence-electron chi connectivity index (χ3n) is 5.06. The molecule has 0 aliphatic carbocycles. The van der Waals surface area contributed by atoms with E-state index in [1.54, 1.807) is 16.8 Å². The fourth-order valence-electron chi connectivity index (χ4n) is 3.34. The van der Waals surface area contributed by atoms with E-state index in [1.165, 1.54) is 12.1 Å². The molecule has 158 valence electrons. The first-order valence-corrected chi connectivity index (χ1v) is 11.8. The van der Waals surface area contributed by atoms with Crippen LogP contribution in [0.2, 0.25) is 5.02 Å². The van der Waals surface area contributed by atoms with E-state index in [4.69, 9.17) is 16.3 Å². The van der Waals surface area contributed by atoms with Crippen LogP contribution in [0.4, 0.5) is 0 Å². The van der Waals surface area contributed by atoms with Gasteiger partial charge in [0.2, 0.25) is 0 Å². The Morgan fingerprint density at radius 2 is 2.00 bits per heavy atom. The van der Waals surface area contributed by atoms with Gasteiger partial charge in [0, 0.05) is 17.9 Å². The predicted molar refractivity (Wildman–Crippen MR) is 113 cm³/mol. The van der Waals surface area contributed by atoms with Crippen LogP contribution in [0.5, 0.6) is 5.75 Å². The van der Waals surface area contributed by atoms with Crippen LogP contribution in [0.15, 0.2) is 47.4 Å². The van der Waals surface area contributed by atoms with Gasteiger partial charge in [0.25, 0.3) is 0 Å². The molecule has 3 aromatic rings. The molecule has 2 heterocycles. The summed E-state index contributed by atoms with van der Waals surface area (Å²) in [4.78, 5) is 4.66. The highest BCUT2D eigenvalue weighted by Gasteiger charge is 2.22. The fraction of sp³-hybridized carbons (Fsp3) is 0.333. The normalized spacial score (nSPS) is 14.4. The zero-order chi connectivity index (χ0) is 21.3. The van der Waals surface area contributed by atoms with Crippen LogP contribution < -0.4 is 4.74 Å². The van der Waals surface area contributed by atoms with Crippen LogP contribution in [0, 0.1) is 0 Å². The summed E-state index contributed by atoms with van der Waals surface area (Å²) < 4.78 is 32.7. The van der Waals surface area contributed by atoms with Crippen LogP contribution in [-0.2, 0) is 22.7 Å². The number of hydrogen-bond acceptors (Lipinski definition) is 6. The average molecular weight is 448 g/mol. The minimum Gasteiger partial charge on any atom is -0.493 e.